The normalized spacial score (nSPS) is 19.7. The summed E-state index contributed by atoms with van der Waals surface area (Å²) in [4.78, 5) is 28.1. The molecule has 1 aliphatic heterocycles. The molecular formula is C26H34F3NO2S. The van der Waals surface area contributed by atoms with Crippen LogP contribution < -0.4 is 0 Å². The number of hydrogen-bond donors (Lipinski definition) is 0. The average molecular weight is 482 g/mol. The highest BCUT2D eigenvalue weighted by Crippen LogP contribution is 2.41. The van der Waals surface area contributed by atoms with Crippen molar-refractivity contribution in [3.05, 3.63) is 44.2 Å². The number of halogens is 3. The van der Waals surface area contributed by atoms with Gasteiger partial charge in [0, 0.05) is 28.7 Å². The molecule has 1 unspecified atom stereocenters. The third kappa shape index (κ3) is 6.44. The summed E-state index contributed by atoms with van der Waals surface area (Å²) in [6.45, 7) is 8.08. The van der Waals surface area contributed by atoms with Gasteiger partial charge in [-0.15, -0.1) is 11.3 Å². The number of allylic oxidation sites excluding steroid dienone is 4. The number of Topliss-reactive ketones (excluding diaryl/α,β-unsaturated/α-hetero) is 2. The van der Waals surface area contributed by atoms with Crippen LogP contribution in [0.15, 0.2) is 28.2 Å². The molecule has 0 N–H and O–H groups in total. The summed E-state index contributed by atoms with van der Waals surface area (Å²) >= 11 is 1.60. The first-order chi connectivity index (χ1) is 15.5. The highest BCUT2D eigenvalue weighted by molar-refractivity contribution is 7.10. The van der Waals surface area contributed by atoms with E-state index in [1.165, 1.54) is 9.78 Å². The van der Waals surface area contributed by atoms with Crippen molar-refractivity contribution in [3.63, 3.8) is 0 Å². The standard InChI is InChI=1S/C26H34F3NO2S/c1-5-20(19-8-10-30(11-9-19)15-26(27,28)29)25-18(4)22(14-33-25)23(31)7-6-21-17(3)12-16(2)13-24(21)32/h12,14,19-20H,5-11,13,15H2,1-4H3. The predicted octanol–water partition coefficient (Wildman–Crippen LogP) is 7.02. The van der Waals surface area contributed by atoms with Gasteiger partial charge in [-0.1, -0.05) is 18.6 Å². The summed E-state index contributed by atoms with van der Waals surface area (Å²) in [5, 5.41) is 1.93. The summed E-state index contributed by atoms with van der Waals surface area (Å²) in [6.07, 6.45) is 1.49. The Kier molecular flexibility index (Phi) is 8.38. The van der Waals surface area contributed by atoms with Crippen molar-refractivity contribution in [1.29, 1.82) is 0 Å². The molecule has 2 heterocycles. The molecule has 0 aromatic carbocycles. The van der Waals surface area contributed by atoms with Crippen LogP contribution in [0.5, 0.6) is 0 Å². The molecule has 0 bridgehead atoms. The van der Waals surface area contributed by atoms with Gasteiger partial charge in [0.05, 0.1) is 6.54 Å². The number of nitrogens with zero attached hydrogens (tertiary/aromatic N) is 1. The maximum Gasteiger partial charge on any atom is 0.401 e. The fourth-order valence-corrected chi connectivity index (χ4v) is 6.74. The Labute approximate surface area is 198 Å². The van der Waals surface area contributed by atoms with Gasteiger partial charge in [0.15, 0.2) is 11.6 Å². The van der Waals surface area contributed by atoms with Crippen LogP contribution in [0.2, 0.25) is 0 Å². The van der Waals surface area contributed by atoms with E-state index in [1.54, 1.807) is 11.3 Å². The zero-order valence-corrected chi connectivity index (χ0v) is 20.8. The molecule has 1 aromatic heterocycles. The van der Waals surface area contributed by atoms with Gasteiger partial charge in [0.2, 0.25) is 0 Å². The first kappa shape index (κ1) is 25.9. The Morgan fingerprint density at radius 3 is 2.45 bits per heavy atom. The molecule has 1 saturated heterocycles. The third-order valence-electron chi connectivity index (χ3n) is 7.08. The summed E-state index contributed by atoms with van der Waals surface area (Å²) < 4.78 is 38.1. The second-order valence-corrected chi connectivity index (χ2v) is 10.5. The largest absolute Gasteiger partial charge is 0.401 e. The van der Waals surface area contributed by atoms with E-state index in [2.05, 4.69) is 6.92 Å². The number of carbonyl (C=O) groups excluding carboxylic acids is 2. The first-order valence-corrected chi connectivity index (χ1v) is 12.7. The molecule has 1 fully saturated rings. The van der Waals surface area contributed by atoms with Gasteiger partial charge in [-0.05, 0) is 88.1 Å². The minimum atomic E-state index is -4.15. The van der Waals surface area contributed by atoms with Crippen LogP contribution in [-0.4, -0.2) is 42.3 Å². The quantitative estimate of drug-likeness (QED) is 0.374. The van der Waals surface area contributed by atoms with E-state index < -0.39 is 12.7 Å². The number of thiophene rings is 1. The van der Waals surface area contributed by atoms with E-state index in [1.807, 2.05) is 32.2 Å². The lowest BCUT2D eigenvalue weighted by molar-refractivity contribution is -0.148. The molecule has 0 spiro atoms. The minimum Gasteiger partial charge on any atom is -0.295 e. The van der Waals surface area contributed by atoms with Gasteiger partial charge in [-0.3, -0.25) is 14.5 Å². The van der Waals surface area contributed by atoms with E-state index >= 15 is 0 Å². The fraction of sp³-hybridized carbons (Fsp3) is 0.615. The lowest BCUT2D eigenvalue weighted by Crippen LogP contribution is -2.41. The molecular weight excluding hydrogens is 447 g/mol. The van der Waals surface area contributed by atoms with Gasteiger partial charge in [0.1, 0.15) is 0 Å². The van der Waals surface area contributed by atoms with E-state index in [0.29, 0.717) is 38.3 Å². The van der Waals surface area contributed by atoms with Crippen LogP contribution in [0.3, 0.4) is 0 Å². The van der Waals surface area contributed by atoms with Crippen LogP contribution in [0, 0.1) is 12.8 Å². The van der Waals surface area contributed by atoms with Crippen molar-refractivity contribution in [2.75, 3.05) is 19.6 Å². The van der Waals surface area contributed by atoms with Crippen LogP contribution in [0.4, 0.5) is 13.2 Å². The van der Waals surface area contributed by atoms with Gasteiger partial charge in [-0.25, -0.2) is 0 Å². The zero-order chi connectivity index (χ0) is 24.3. The Morgan fingerprint density at radius 1 is 1.21 bits per heavy atom. The van der Waals surface area contributed by atoms with Crippen LogP contribution in [0.1, 0.15) is 86.0 Å². The lowest BCUT2D eigenvalue weighted by Gasteiger charge is -2.36. The molecule has 7 heteroatoms. The molecule has 1 aromatic rings. The number of hydrogen-bond acceptors (Lipinski definition) is 4. The molecule has 1 atom stereocenters. The van der Waals surface area contributed by atoms with E-state index in [9.17, 15) is 22.8 Å². The van der Waals surface area contributed by atoms with Crippen molar-refractivity contribution in [1.82, 2.24) is 4.90 Å². The number of rotatable bonds is 8. The number of carbonyl (C=O) groups is 2. The van der Waals surface area contributed by atoms with Gasteiger partial charge in [-0.2, -0.15) is 13.2 Å². The third-order valence-corrected chi connectivity index (χ3v) is 8.29. The summed E-state index contributed by atoms with van der Waals surface area (Å²) in [5.41, 5.74) is 4.52. The minimum absolute atomic E-state index is 0.0595. The van der Waals surface area contributed by atoms with E-state index in [-0.39, 0.29) is 17.5 Å². The second-order valence-electron chi connectivity index (χ2n) is 9.56. The number of ketones is 2. The van der Waals surface area contributed by atoms with Crippen molar-refractivity contribution < 1.29 is 22.8 Å². The first-order valence-electron chi connectivity index (χ1n) is 11.8. The summed E-state index contributed by atoms with van der Waals surface area (Å²) in [6, 6.07) is 0. The molecule has 0 saturated carbocycles. The van der Waals surface area contributed by atoms with E-state index in [4.69, 9.17) is 0 Å². The molecule has 0 amide bonds. The Morgan fingerprint density at radius 2 is 1.88 bits per heavy atom. The average Bonchev–Trinajstić information content (AvgIpc) is 3.09. The van der Waals surface area contributed by atoms with Crippen LogP contribution in [-0.2, 0) is 4.79 Å². The molecule has 1 aliphatic carbocycles. The SMILES string of the molecule is CCC(c1scc(C(=O)CCC2=C(C)C=C(C)CC2=O)c1C)C1CCN(CC(F)(F)F)CC1. The van der Waals surface area contributed by atoms with Crippen molar-refractivity contribution in [2.45, 2.75) is 78.3 Å². The Bertz CT molecular complexity index is 949. The number of piperidine rings is 1. The maximum atomic E-state index is 13.0. The van der Waals surface area contributed by atoms with Crippen LogP contribution >= 0.6 is 11.3 Å². The smallest absolute Gasteiger partial charge is 0.295 e. The maximum absolute atomic E-state index is 13.0. The molecule has 0 radical (unpaired) electrons. The van der Waals surface area contributed by atoms with Crippen molar-refractivity contribution in [3.8, 4) is 0 Å². The second kappa shape index (κ2) is 10.7. The molecule has 3 rings (SSSR count). The predicted molar refractivity (Wildman–Crippen MR) is 127 cm³/mol. The topological polar surface area (TPSA) is 37.4 Å². The Balaban J connectivity index is 1.65. The molecule has 3 nitrogen and oxygen atoms in total. The zero-order valence-electron chi connectivity index (χ0n) is 20.0. The summed E-state index contributed by atoms with van der Waals surface area (Å²) in [7, 11) is 0. The van der Waals surface area contributed by atoms with E-state index in [0.717, 1.165) is 47.1 Å². The van der Waals surface area contributed by atoms with Crippen molar-refractivity contribution >= 4 is 22.9 Å². The van der Waals surface area contributed by atoms with Gasteiger partial charge < -0.3 is 0 Å². The molecule has 182 valence electrons. The number of likely N-dealkylation sites (tertiary alicyclic amines) is 1. The van der Waals surface area contributed by atoms with Gasteiger partial charge in [0.25, 0.3) is 0 Å². The van der Waals surface area contributed by atoms with Crippen LogP contribution in [0.25, 0.3) is 0 Å². The molecule has 2 aliphatic rings. The Hall–Kier alpha value is -1.73. The highest BCUT2D eigenvalue weighted by Gasteiger charge is 2.35. The fourth-order valence-electron chi connectivity index (χ4n) is 5.37. The lowest BCUT2D eigenvalue weighted by atomic mass is 9.80. The number of alkyl halides is 3. The summed E-state index contributed by atoms with van der Waals surface area (Å²) in [5.74, 6) is 0.778. The van der Waals surface area contributed by atoms with Gasteiger partial charge >= 0.3 is 6.18 Å². The molecule has 33 heavy (non-hydrogen) atoms. The highest BCUT2D eigenvalue weighted by atomic mass is 32.1. The monoisotopic (exact) mass is 481 g/mol. The van der Waals surface area contributed by atoms with Crippen molar-refractivity contribution in [2.24, 2.45) is 5.92 Å².